The Morgan fingerprint density at radius 3 is 2.65 bits per heavy atom. The SMILES string of the molecule is CS(=O)(=O)Nc1cccc(C(=O)OCc2nc(-c3ccccc3)no2)c1. The van der Waals surface area contributed by atoms with Gasteiger partial charge in [0.1, 0.15) is 0 Å². The highest BCUT2D eigenvalue weighted by molar-refractivity contribution is 7.92. The number of esters is 1. The number of hydrogen-bond donors (Lipinski definition) is 1. The minimum absolute atomic E-state index is 0.155. The molecule has 0 bridgehead atoms. The van der Waals surface area contributed by atoms with Crippen LogP contribution in [0.2, 0.25) is 0 Å². The van der Waals surface area contributed by atoms with Gasteiger partial charge in [0.05, 0.1) is 11.8 Å². The lowest BCUT2D eigenvalue weighted by atomic mass is 10.2. The van der Waals surface area contributed by atoms with E-state index in [-0.39, 0.29) is 23.7 Å². The quantitative estimate of drug-likeness (QED) is 0.661. The molecule has 1 heterocycles. The standard InChI is InChI=1S/C17H15N3O5S/c1-26(22,23)20-14-9-5-8-13(10-14)17(21)24-11-15-18-16(19-25-15)12-6-3-2-4-7-12/h2-10,20H,11H2,1H3. The van der Waals surface area contributed by atoms with E-state index in [1.165, 1.54) is 18.2 Å². The topological polar surface area (TPSA) is 111 Å². The van der Waals surface area contributed by atoms with Gasteiger partial charge in [0.2, 0.25) is 15.8 Å². The third kappa shape index (κ3) is 4.67. The van der Waals surface area contributed by atoms with Crippen molar-refractivity contribution in [2.75, 3.05) is 11.0 Å². The van der Waals surface area contributed by atoms with E-state index in [9.17, 15) is 13.2 Å². The molecule has 0 fully saturated rings. The highest BCUT2D eigenvalue weighted by Gasteiger charge is 2.13. The summed E-state index contributed by atoms with van der Waals surface area (Å²) in [6.07, 6.45) is 1.03. The summed E-state index contributed by atoms with van der Waals surface area (Å²) in [4.78, 5) is 16.3. The molecule has 0 saturated heterocycles. The molecule has 2 aromatic carbocycles. The van der Waals surface area contributed by atoms with Crippen LogP contribution in [0.4, 0.5) is 5.69 Å². The number of aromatic nitrogens is 2. The van der Waals surface area contributed by atoms with Crippen molar-refractivity contribution in [3.63, 3.8) is 0 Å². The van der Waals surface area contributed by atoms with Crippen molar-refractivity contribution in [1.29, 1.82) is 0 Å². The van der Waals surface area contributed by atoms with Crippen molar-refractivity contribution < 1.29 is 22.5 Å². The van der Waals surface area contributed by atoms with Gasteiger partial charge >= 0.3 is 5.97 Å². The first kappa shape index (κ1) is 17.6. The van der Waals surface area contributed by atoms with Crippen LogP contribution in [0.1, 0.15) is 16.2 Å². The molecule has 9 heteroatoms. The molecule has 3 aromatic rings. The van der Waals surface area contributed by atoms with Crippen molar-refractivity contribution in [1.82, 2.24) is 10.1 Å². The Hall–Kier alpha value is -3.20. The van der Waals surface area contributed by atoms with Crippen molar-refractivity contribution >= 4 is 21.7 Å². The van der Waals surface area contributed by atoms with Crippen LogP contribution >= 0.6 is 0 Å². The number of carbonyl (C=O) groups excluding carboxylic acids is 1. The van der Waals surface area contributed by atoms with Crippen LogP contribution in [0.15, 0.2) is 59.1 Å². The van der Waals surface area contributed by atoms with Gasteiger partial charge in [-0.3, -0.25) is 4.72 Å². The summed E-state index contributed by atoms with van der Waals surface area (Å²) in [5.41, 5.74) is 1.25. The molecule has 1 N–H and O–H groups in total. The molecule has 134 valence electrons. The summed E-state index contributed by atoms with van der Waals surface area (Å²) in [5, 5.41) is 3.84. The number of carbonyl (C=O) groups is 1. The van der Waals surface area contributed by atoms with Crippen molar-refractivity contribution in [3.05, 3.63) is 66.1 Å². The van der Waals surface area contributed by atoms with Gasteiger partial charge in [-0.05, 0) is 18.2 Å². The number of anilines is 1. The Balaban J connectivity index is 1.64. The normalized spacial score (nSPS) is 11.1. The Morgan fingerprint density at radius 2 is 1.92 bits per heavy atom. The highest BCUT2D eigenvalue weighted by atomic mass is 32.2. The molecule has 0 amide bonds. The molecule has 0 atom stereocenters. The smallest absolute Gasteiger partial charge is 0.338 e. The highest BCUT2D eigenvalue weighted by Crippen LogP contribution is 2.16. The lowest BCUT2D eigenvalue weighted by Gasteiger charge is -2.06. The second kappa shape index (κ2) is 7.36. The van der Waals surface area contributed by atoms with Crippen LogP contribution in [0.3, 0.4) is 0 Å². The molecule has 1 aromatic heterocycles. The fourth-order valence-electron chi connectivity index (χ4n) is 2.15. The third-order valence-electron chi connectivity index (χ3n) is 3.23. The third-order valence-corrected chi connectivity index (χ3v) is 3.83. The number of hydrogen-bond acceptors (Lipinski definition) is 7. The molecule has 0 aliphatic heterocycles. The maximum absolute atomic E-state index is 12.1. The summed E-state index contributed by atoms with van der Waals surface area (Å²) in [6, 6.07) is 15.2. The molecule has 0 radical (unpaired) electrons. The maximum atomic E-state index is 12.1. The van der Waals surface area contributed by atoms with Gasteiger partial charge < -0.3 is 9.26 Å². The zero-order valence-electron chi connectivity index (χ0n) is 13.7. The first-order chi connectivity index (χ1) is 12.4. The van der Waals surface area contributed by atoms with Crippen LogP contribution in [-0.2, 0) is 21.4 Å². The zero-order chi connectivity index (χ0) is 18.6. The minimum atomic E-state index is -3.43. The largest absolute Gasteiger partial charge is 0.452 e. The Kier molecular flexibility index (Phi) is 4.99. The Labute approximate surface area is 149 Å². The summed E-state index contributed by atoms with van der Waals surface area (Å²) in [6.45, 7) is -0.192. The predicted octanol–water partition coefficient (Wildman–Crippen LogP) is 2.47. The molecular formula is C17H15N3O5S. The molecule has 0 spiro atoms. The van der Waals surface area contributed by atoms with E-state index in [0.29, 0.717) is 5.82 Å². The van der Waals surface area contributed by atoms with Crippen molar-refractivity contribution in [3.8, 4) is 11.4 Å². The molecule has 3 rings (SSSR count). The molecule has 0 saturated carbocycles. The maximum Gasteiger partial charge on any atom is 0.338 e. The molecule has 26 heavy (non-hydrogen) atoms. The van der Waals surface area contributed by atoms with E-state index in [0.717, 1.165) is 11.8 Å². The lowest BCUT2D eigenvalue weighted by Crippen LogP contribution is -2.11. The monoisotopic (exact) mass is 373 g/mol. The van der Waals surface area contributed by atoms with Crippen LogP contribution in [0.25, 0.3) is 11.4 Å². The number of benzene rings is 2. The Morgan fingerprint density at radius 1 is 1.15 bits per heavy atom. The number of sulfonamides is 1. The molecular weight excluding hydrogens is 358 g/mol. The van der Waals surface area contributed by atoms with Crippen LogP contribution in [0, 0.1) is 0 Å². The van der Waals surface area contributed by atoms with Gasteiger partial charge in [-0.1, -0.05) is 41.6 Å². The summed E-state index contributed by atoms with van der Waals surface area (Å²) in [5.74, 6) is -0.0831. The van der Waals surface area contributed by atoms with Crippen LogP contribution < -0.4 is 4.72 Å². The minimum Gasteiger partial charge on any atom is -0.452 e. The molecule has 0 unspecified atom stereocenters. The molecule has 8 nitrogen and oxygen atoms in total. The van der Waals surface area contributed by atoms with E-state index in [1.54, 1.807) is 6.07 Å². The summed E-state index contributed by atoms with van der Waals surface area (Å²) >= 11 is 0. The van der Waals surface area contributed by atoms with Gasteiger partial charge in [0, 0.05) is 11.3 Å². The van der Waals surface area contributed by atoms with Crippen molar-refractivity contribution in [2.45, 2.75) is 6.61 Å². The van der Waals surface area contributed by atoms with E-state index >= 15 is 0 Å². The van der Waals surface area contributed by atoms with E-state index in [2.05, 4.69) is 14.9 Å². The first-order valence-corrected chi connectivity index (χ1v) is 9.43. The first-order valence-electron chi connectivity index (χ1n) is 7.54. The second-order valence-electron chi connectivity index (χ2n) is 5.41. The number of ether oxygens (including phenoxy) is 1. The van der Waals surface area contributed by atoms with Gasteiger partial charge in [0.25, 0.3) is 5.89 Å². The molecule has 0 aliphatic carbocycles. The Bertz CT molecular complexity index is 1020. The number of nitrogens with zero attached hydrogens (tertiary/aromatic N) is 2. The lowest BCUT2D eigenvalue weighted by molar-refractivity contribution is 0.0430. The number of rotatable bonds is 6. The van der Waals surface area contributed by atoms with E-state index in [4.69, 9.17) is 9.26 Å². The van der Waals surface area contributed by atoms with Gasteiger partial charge in [-0.15, -0.1) is 0 Å². The van der Waals surface area contributed by atoms with Gasteiger partial charge in [0.15, 0.2) is 6.61 Å². The average molecular weight is 373 g/mol. The van der Waals surface area contributed by atoms with Crippen LogP contribution in [0.5, 0.6) is 0 Å². The van der Waals surface area contributed by atoms with Crippen LogP contribution in [-0.4, -0.2) is 30.8 Å². The zero-order valence-corrected chi connectivity index (χ0v) is 14.6. The average Bonchev–Trinajstić information content (AvgIpc) is 3.08. The van der Waals surface area contributed by atoms with Gasteiger partial charge in [-0.25, -0.2) is 13.2 Å². The summed E-state index contributed by atoms with van der Waals surface area (Å²) < 4.78 is 35.0. The fourth-order valence-corrected chi connectivity index (χ4v) is 2.71. The fraction of sp³-hybridized carbons (Fsp3) is 0.118. The van der Waals surface area contributed by atoms with E-state index in [1.807, 2.05) is 30.3 Å². The van der Waals surface area contributed by atoms with Crippen molar-refractivity contribution in [2.24, 2.45) is 0 Å². The number of nitrogens with one attached hydrogen (secondary N) is 1. The predicted molar refractivity (Wildman–Crippen MR) is 93.8 cm³/mol. The second-order valence-corrected chi connectivity index (χ2v) is 7.16. The summed E-state index contributed by atoms with van der Waals surface area (Å²) in [7, 11) is -3.43. The van der Waals surface area contributed by atoms with Gasteiger partial charge in [-0.2, -0.15) is 4.98 Å². The van der Waals surface area contributed by atoms with E-state index < -0.39 is 16.0 Å². The molecule has 0 aliphatic rings.